The van der Waals surface area contributed by atoms with Crippen molar-refractivity contribution in [2.24, 2.45) is 0 Å². The molecule has 1 saturated carbocycles. The lowest BCUT2D eigenvalue weighted by Gasteiger charge is -2.06. The minimum Gasteiger partial charge on any atom is -0.383 e. The van der Waals surface area contributed by atoms with E-state index in [2.05, 4.69) is 25.3 Å². The van der Waals surface area contributed by atoms with Gasteiger partial charge in [0.15, 0.2) is 0 Å². The first-order valence-corrected chi connectivity index (χ1v) is 6.89. The molecule has 0 saturated heterocycles. The highest BCUT2D eigenvalue weighted by Gasteiger charge is 2.21. The first-order chi connectivity index (χ1) is 10.3. The molecule has 2 heterocycles. The zero-order valence-corrected chi connectivity index (χ0v) is 11.3. The number of nitrogen functional groups attached to an aromatic ring is 1. The molecular formula is C15H14N6. The van der Waals surface area contributed by atoms with Crippen molar-refractivity contribution in [2.75, 3.05) is 11.1 Å². The number of benzene rings is 1. The molecule has 3 N–H and O–H groups in total. The van der Waals surface area contributed by atoms with E-state index in [9.17, 15) is 0 Å². The number of fused-ring (bicyclic) bond motifs is 1. The fraction of sp³-hybridized carbons (Fsp3) is 0.200. The summed E-state index contributed by atoms with van der Waals surface area (Å²) >= 11 is 0. The second-order valence-corrected chi connectivity index (χ2v) is 5.20. The highest BCUT2D eigenvalue weighted by atomic mass is 15.1. The molecule has 0 unspecified atom stereocenters. The Balaban J connectivity index is 1.70. The Labute approximate surface area is 121 Å². The fourth-order valence-corrected chi connectivity index (χ4v) is 2.22. The van der Waals surface area contributed by atoms with Gasteiger partial charge in [-0.05, 0) is 30.5 Å². The Morgan fingerprint density at radius 1 is 1.00 bits per heavy atom. The van der Waals surface area contributed by atoms with Gasteiger partial charge in [0.1, 0.15) is 12.1 Å². The Morgan fingerprint density at radius 3 is 2.57 bits per heavy atom. The molecule has 3 aromatic rings. The van der Waals surface area contributed by atoms with Crippen LogP contribution >= 0.6 is 0 Å². The van der Waals surface area contributed by atoms with Crippen LogP contribution in [0.1, 0.15) is 12.8 Å². The number of nitrogens with one attached hydrogen (secondary N) is 1. The Hall–Kier alpha value is -2.76. The summed E-state index contributed by atoms with van der Waals surface area (Å²) < 4.78 is 0. The molecule has 0 atom stereocenters. The standard InChI is InChI=1S/C15H14N6/c16-14-12-5-9(1-4-13(12)19-8-20-14)10-6-17-15(18-7-10)21-11-2-3-11/h1,4-8,11H,2-3H2,(H2,16,19,20)(H,17,18,21). The summed E-state index contributed by atoms with van der Waals surface area (Å²) in [7, 11) is 0. The molecule has 0 spiro atoms. The van der Waals surface area contributed by atoms with Gasteiger partial charge in [0.2, 0.25) is 5.95 Å². The second kappa shape index (κ2) is 4.66. The van der Waals surface area contributed by atoms with Gasteiger partial charge in [0, 0.05) is 29.4 Å². The lowest BCUT2D eigenvalue weighted by atomic mass is 10.1. The van der Waals surface area contributed by atoms with Gasteiger partial charge in [-0.3, -0.25) is 0 Å². The zero-order chi connectivity index (χ0) is 14.2. The minimum absolute atomic E-state index is 0.481. The van der Waals surface area contributed by atoms with E-state index in [-0.39, 0.29) is 0 Å². The molecule has 1 fully saturated rings. The van der Waals surface area contributed by atoms with Gasteiger partial charge in [-0.1, -0.05) is 6.07 Å². The summed E-state index contributed by atoms with van der Waals surface area (Å²) in [5.74, 6) is 1.17. The highest BCUT2D eigenvalue weighted by Crippen LogP contribution is 2.26. The molecule has 1 aliphatic rings. The lowest BCUT2D eigenvalue weighted by Crippen LogP contribution is -2.04. The quantitative estimate of drug-likeness (QED) is 0.763. The third-order valence-electron chi connectivity index (χ3n) is 3.56. The van der Waals surface area contributed by atoms with Gasteiger partial charge in [-0.15, -0.1) is 0 Å². The van der Waals surface area contributed by atoms with Crippen LogP contribution in [0.3, 0.4) is 0 Å². The highest BCUT2D eigenvalue weighted by molar-refractivity contribution is 5.91. The largest absolute Gasteiger partial charge is 0.383 e. The first kappa shape index (κ1) is 12.0. The Bertz CT molecular complexity index is 795. The van der Waals surface area contributed by atoms with Gasteiger partial charge >= 0.3 is 0 Å². The van der Waals surface area contributed by atoms with E-state index >= 15 is 0 Å². The summed E-state index contributed by atoms with van der Waals surface area (Å²) in [4.78, 5) is 16.9. The van der Waals surface area contributed by atoms with Crippen LogP contribution in [0.4, 0.5) is 11.8 Å². The molecule has 0 amide bonds. The van der Waals surface area contributed by atoms with E-state index in [4.69, 9.17) is 5.73 Å². The third-order valence-corrected chi connectivity index (χ3v) is 3.56. The molecule has 6 nitrogen and oxygen atoms in total. The number of anilines is 2. The topological polar surface area (TPSA) is 89.6 Å². The van der Waals surface area contributed by atoms with Crippen molar-refractivity contribution >= 4 is 22.7 Å². The molecular weight excluding hydrogens is 264 g/mol. The molecule has 104 valence electrons. The van der Waals surface area contributed by atoms with Gasteiger partial charge in [0.05, 0.1) is 5.52 Å². The average molecular weight is 278 g/mol. The van der Waals surface area contributed by atoms with E-state index in [1.807, 2.05) is 30.6 Å². The van der Waals surface area contributed by atoms with E-state index in [1.165, 1.54) is 19.2 Å². The zero-order valence-electron chi connectivity index (χ0n) is 11.3. The van der Waals surface area contributed by atoms with Crippen LogP contribution in [0.2, 0.25) is 0 Å². The van der Waals surface area contributed by atoms with Gasteiger partial charge in [0.25, 0.3) is 0 Å². The fourth-order valence-electron chi connectivity index (χ4n) is 2.22. The van der Waals surface area contributed by atoms with E-state index < -0.39 is 0 Å². The molecule has 0 radical (unpaired) electrons. The maximum absolute atomic E-state index is 5.90. The van der Waals surface area contributed by atoms with Gasteiger partial charge in [-0.2, -0.15) is 0 Å². The summed E-state index contributed by atoms with van der Waals surface area (Å²) in [5, 5.41) is 4.11. The average Bonchev–Trinajstić information content (AvgIpc) is 3.32. The maximum atomic E-state index is 5.90. The van der Waals surface area contributed by atoms with Crippen LogP contribution in [-0.4, -0.2) is 26.0 Å². The Kier molecular flexibility index (Phi) is 2.67. The summed E-state index contributed by atoms with van der Waals surface area (Å²) in [6, 6.07) is 6.44. The molecule has 21 heavy (non-hydrogen) atoms. The predicted octanol–water partition coefficient (Wildman–Crippen LogP) is 2.24. The third kappa shape index (κ3) is 2.35. The smallest absolute Gasteiger partial charge is 0.222 e. The number of aromatic nitrogens is 4. The SMILES string of the molecule is Nc1ncnc2ccc(-c3cnc(NC4CC4)nc3)cc12. The van der Waals surface area contributed by atoms with Crippen molar-refractivity contribution < 1.29 is 0 Å². The minimum atomic E-state index is 0.481. The van der Waals surface area contributed by atoms with Crippen LogP contribution in [-0.2, 0) is 0 Å². The number of hydrogen-bond donors (Lipinski definition) is 2. The first-order valence-electron chi connectivity index (χ1n) is 6.89. The number of rotatable bonds is 3. The number of nitrogens with zero attached hydrogens (tertiary/aromatic N) is 4. The molecule has 1 aromatic carbocycles. The molecule has 2 aromatic heterocycles. The maximum Gasteiger partial charge on any atom is 0.222 e. The van der Waals surface area contributed by atoms with E-state index in [1.54, 1.807) is 0 Å². The molecule has 4 rings (SSSR count). The number of hydrogen-bond acceptors (Lipinski definition) is 6. The van der Waals surface area contributed by atoms with Crippen molar-refractivity contribution in [1.82, 2.24) is 19.9 Å². The number of nitrogens with two attached hydrogens (primary N) is 1. The van der Waals surface area contributed by atoms with Crippen LogP contribution < -0.4 is 11.1 Å². The van der Waals surface area contributed by atoms with E-state index in [0.717, 1.165) is 22.0 Å². The molecule has 0 bridgehead atoms. The Morgan fingerprint density at radius 2 is 1.81 bits per heavy atom. The predicted molar refractivity (Wildman–Crippen MR) is 81.6 cm³/mol. The van der Waals surface area contributed by atoms with Crippen LogP contribution in [0.15, 0.2) is 36.9 Å². The molecule has 6 heteroatoms. The molecule has 0 aliphatic heterocycles. The molecule has 1 aliphatic carbocycles. The normalized spacial score (nSPS) is 14.3. The van der Waals surface area contributed by atoms with Crippen molar-refractivity contribution in [3.05, 3.63) is 36.9 Å². The monoisotopic (exact) mass is 278 g/mol. The second-order valence-electron chi connectivity index (χ2n) is 5.20. The van der Waals surface area contributed by atoms with E-state index in [0.29, 0.717) is 17.8 Å². The van der Waals surface area contributed by atoms with Crippen molar-refractivity contribution in [3.63, 3.8) is 0 Å². The lowest BCUT2D eigenvalue weighted by molar-refractivity contribution is 1.05. The van der Waals surface area contributed by atoms with Crippen molar-refractivity contribution in [1.29, 1.82) is 0 Å². The van der Waals surface area contributed by atoms with Crippen LogP contribution in [0, 0.1) is 0 Å². The van der Waals surface area contributed by atoms with Crippen LogP contribution in [0.5, 0.6) is 0 Å². The summed E-state index contributed by atoms with van der Waals surface area (Å²) in [5.41, 5.74) is 8.68. The van der Waals surface area contributed by atoms with Crippen molar-refractivity contribution in [2.45, 2.75) is 18.9 Å². The summed E-state index contributed by atoms with van der Waals surface area (Å²) in [6.45, 7) is 0. The van der Waals surface area contributed by atoms with Gasteiger partial charge < -0.3 is 11.1 Å². The van der Waals surface area contributed by atoms with Crippen LogP contribution in [0.25, 0.3) is 22.0 Å². The summed E-state index contributed by atoms with van der Waals surface area (Å²) in [6.07, 6.45) is 7.51. The van der Waals surface area contributed by atoms with Crippen molar-refractivity contribution in [3.8, 4) is 11.1 Å². The van der Waals surface area contributed by atoms with Gasteiger partial charge in [-0.25, -0.2) is 19.9 Å².